The predicted octanol–water partition coefficient (Wildman–Crippen LogP) is 7.43. The Hall–Kier alpha value is -1.93. The Bertz CT molecular complexity index is 874. The summed E-state index contributed by atoms with van der Waals surface area (Å²) in [6.07, 6.45) is 3.39. The van der Waals surface area contributed by atoms with Crippen molar-refractivity contribution in [2.24, 2.45) is 0 Å². The molecule has 0 aliphatic rings. The Morgan fingerprint density at radius 2 is 1.62 bits per heavy atom. The first kappa shape index (κ1) is 18.8. The number of rotatable bonds is 6. The Morgan fingerprint density at radius 3 is 2.27 bits per heavy atom. The van der Waals surface area contributed by atoms with Crippen LogP contribution in [0.15, 0.2) is 48.5 Å². The molecular weight excluding hydrogens is 334 g/mol. The molecule has 2 aromatic carbocycles. The average molecular weight is 364 g/mol. The molecule has 136 valence electrons. The van der Waals surface area contributed by atoms with Crippen molar-refractivity contribution in [2.45, 2.75) is 59.3 Å². The van der Waals surface area contributed by atoms with Gasteiger partial charge < -0.3 is 0 Å². The van der Waals surface area contributed by atoms with Crippen LogP contribution in [0, 0.1) is 6.92 Å². The van der Waals surface area contributed by atoms with E-state index in [1.807, 2.05) is 11.3 Å². The normalized spacial score (nSPS) is 11.7. The molecule has 0 amide bonds. The lowest BCUT2D eigenvalue weighted by molar-refractivity contribution is 0.488. The zero-order chi connectivity index (χ0) is 18.7. The second kappa shape index (κ2) is 7.75. The van der Waals surface area contributed by atoms with E-state index in [0.29, 0.717) is 0 Å². The Balaban J connectivity index is 2.12. The van der Waals surface area contributed by atoms with E-state index >= 15 is 0 Å². The SMILES string of the molecule is CCCc1sc(-c2cccc(-c3ccccc3)c2C)nc1C(C)(C)CC. The number of hydrogen-bond acceptors (Lipinski definition) is 2. The molecule has 0 N–H and O–H groups in total. The molecule has 3 rings (SSSR count). The van der Waals surface area contributed by atoms with Gasteiger partial charge in [-0.2, -0.15) is 0 Å². The van der Waals surface area contributed by atoms with Crippen molar-refractivity contribution >= 4 is 11.3 Å². The lowest BCUT2D eigenvalue weighted by atomic mass is 9.85. The maximum absolute atomic E-state index is 5.16. The van der Waals surface area contributed by atoms with Crippen LogP contribution < -0.4 is 0 Å². The molecule has 0 saturated heterocycles. The smallest absolute Gasteiger partial charge is 0.124 e. The fraction of sp³-hybridized carbons (Fsp3) is 0.375. The number of hydrogen-bond donors (Lipinski definition) is 0. The van der Waals surface area contributed by atoms with Crippen LogP contribution in [0.2, 0.25) is 0 Å². The number of aromatic nitrogens is 1. The van der Waals surface area contributed by atoms with E-state index in [1.165, 1.54) is 37.8 Å². The van der Waals surface area contributed by atoms with E-state index in [4.69, 9.17) is 4.98 Å². The number of nitrogens with zero attached hydrogens (tertiary/aromatic N) is 1. The quantitative estimate of drug-likeness (QED) is 0.444. The van der Waals surface area contributed by atoms with E-state index in [-0.39, 0.29) is 5.41 Å². The first-order valence-corrected chi connectivity index (χ1v) is 10.4. The van der Waals surface area contributed by atoms with Crippen molar-refractivity contribution in [3.63, 3.8) is 0 Å². The van der Waals surface area contributed by atoms with Crippen LogP contribution in [-0.2, 0) is 11.8 Å². The van der Waals surface area contributed by atoms with Gasteiger partial charge in [-0.25, -0.2) is 4.98 Å². The molecule has 0 unspecified atom stereocenters. The van der Waals surface area contributed by atoms with Crippen molar-refractivity contribution in [1.82, 2.24) is 4.98 Å². The van der Waals surface area contributed by atoms with Crippen LogP contribution in [0.5, 0.6) is 0 Å². The molecule has 1 aromatic heterocycles. The summed E-state index contributed by atoms with van der Waals surface area (Å²) in [6, 6.07) is 17.2. The van der Waals surface area contributed by atoms with Gasteiger partial charge in [-0.05, 0) is 36.5 Å². The average Bonchev–Trinajstić information content (AvgIpc) is 3.07. The van der Waals surface area contributed by atoms with Crippen LogP contribution in [0.25, 0.3) is 21.7 Å². The Labute approximate surface area is 162 Å². The third-order valence-electron chi connectivity index (χ3n) is 5.35. The lowest BCUT2D eigenvalue weighted by Gasteiger charge is -2.21. The standard InChI is InChI=1S/C24H29NS/c1-6-12-21-22(24(4,5)7-2)25-23(26-21)20-16-11-15-19(17(20)3)18-13-9-8-10-14-18/h8-11,13-16H,6-7,12H2,1-5H3. The minimum atomic E-state index is 0.129. The molecule has 0 spiro atoms. The number of aryl methyl sites for hydroxylation is 1. The summed E-state index contributed by atoms with van der Waals surface area (Å²) in [4.78, 5) is 6.61. The van der Waals surface area contributed by atoms with Gasteiger partial charge in [0.15, 0.2) is 0 Å². The van der Waals surface area contributed by atoms with Gasteiger partial charge in [0.1, 0.15) is 5.01 Å². The Morgan fingerprint density at radius 1 is 0.923 bits per heavy atom. The van der Waals surface area contributed by atoms with E-state index in [2.05, 4.69) is 83.1 Å². The molecule has 0 atom stereocenters. The van der Waals surface area contributed by atoms with Gasteiger partial charge in [0.05, 0.1) is 5.69 Å². The number of benzene rings is 2. The van der Waals surface area contributed by atoms with Crippen LogP contribution in [0.4, 0.5) is 0 Å². The predicted molar refractivity (Wildman–Crippen MR) is 115 cm³/mol. The summed E-state index contributed by atoms with van der Waals surface area (Å²) in [5.74, 6) is 0. The molecule has 0 bridgehead atoms. The van der Waals surface area contributed by atoms with Crippen molar-refractivity contribution in [3.05, 3.63) is 64.7 Å². The van der Waals surface area contributed by atoms with Crippen molar-refractivity contribution in [3.8, 4) is 21.7 Å². The molecule has 0 fully saturated rings. The zero-order valence-corrected chi connectivity index (χ0v) is 17.4. The van der Waals surface area contributed by atoms with E-state index in [0.717, 1.165) is 19.3 Å². The van der Waals surface area contributed by atoms with E-state index < -0.39 is 0 Å². The maximum atomic E-state index is 5.16. The minimum absolute atomic E-state index is 0.129. The van der Waals surface area contributed by atoms with Crippen molar-refractivity contribution in [2.75, 3.05) is 0 Å². The van der Waals surface area contributed by atoms with Crippen molar-refractivity contribution in [1.29, 1.82) is 0 Å². The largest absolute Gasteiger partial charge is 0.240 e. The molecule has 3 aromatic rings. The minimum Gasteiger partial charge on any atom is -0.240 e. The third kappa shape index (κ3) is 3.61. The zero-order valence-electron chi connectivity index (χ0n) is 16.6. The van der Waals surface area contributed by atoms with Crippen LogP contribution >= 0.6 is 11.3 Å². The summed E-state index contributed by atoms with van der Waals surface area (Å²) in [5.41, 5.74) is 6.58. The third-order valence-corrected chi connectivity index (χ3v) is 6.50. The second-order valence-electron chi connectivity index (χ2n) is 7.62. The molecule has 0 saturated carbocycles. The van der Waals surface area contributed by atoms with Crippen LogP contribution in [0.3, 0.4) is 0 Å². The van der Waals surface area contributed by atoms with Gasteiger partial charge >= 0.3 is 0 Å². The summed E-state index contributed by atoms with van der Waals surface area (Å²) >= 11 is 1.89. The fourth-order valence-corrected chi connectivity index (χ4v) is 4.78. The molecule has 1 nitrogen and oxygen atoms in total. The second-order valence-corrected chi connectivity index (χ2v) is 8.71. The highest BCUT2D eigenvalue weighted by Crippen LogP contribution is 2.39. The number of thiazole rings is 1. The monoisotopic (exact) mass is 363 g/mol. The van der Waals surface area contributed by atoms with Gasteiger partial charge in [0, 0.05) is 15.9 Å². The van der Waals surface area contributed by atoms with E-state index in [1.54, 1.807) is 0 Å². The Kier molecular flexibility index (Phi) is 5.62. The first-order chi connectivity index (χ1) is 12.5. The molecule has 0 aliphatic carbocycles. The molecule has 1 heterocycles. The summed E-state index contributed by atoms with van der Waals surface area (Å²) in [6.45, 7) is 11.4. The van der Waals surface area contributed by atoms with Crippen LogP contribution in [-0.4, -0.2) is 4.98 Å². The van der Waals surface area contributed by atoms with Gasteiger partial charge in [-0.3, -0.25) is 0 Å². The molecule has 0 radical (unpaired) electrons. The fourth-order valence-electron chi connectivity index (χ4n) is 3.36. The van der Waals surface area contributed by atoms with Crippen molar-refractivity contribution < 1.29 is 0 Å². The molecule has 26 heavy (non-hydrogen) atoms. The molecule has 0 aliphatic heterocycles. The maximum Gasteiger partial charge on any atom is 0.124 e. The highest BCUT2D eigenvalue weighted by molar-refractivity contribution is 7.15. The summed E-state index contributed by atoms with van der Waals surface area (Å²) in [5, 5.41) is 1.17. The highest BCUT2D eigenvalue weighted by atomic mass is 32.1. The summed E-state index contributed by atoms with van der Waals surface area (Å²) in [7, 11) is 0. The highest BCUT2D eigenvalue weighted by Gasteiger charge is 2.26. The van der Waals surface area contributed by atoms with Gasteiger partial charge in [0.2, 0.25) is 0 Å². The summed E-state index contributed by atoms with van der Waals surface area (Å²) < 4.78 is 0. The first-order valence-electron chi connectivity index (χ1n) is 9.63. The lowest BCUT2D eigenvalue weighted by Crippen LogP contribution is -2.18. The molecule has 2 heteroatoms. The topological polar surface area (TPSA) is 12.9 Å². The van der Waals surface area contributed by atoms with Gasteiger partial charge in [-0.1, -0.05) is 82.6 Å². The molecular formula is C24H29NS. The van der Waals surface area contributed by atoms with Gasteiger partial charge in [0.25, 0.3) is 0 Å². The van der Waals surface area contributed by atoms with Gasteiger partial charge in [-0.15, -0.1) is 11.3 Å². The van der Waals surface area contributed by atoms with E-state index in [9.17, 15) is 0 Å². The van der Waals surface area contributed by atoms with Crippen LogP contribution in [0.1, 0.15) is 56.7 Å².